The first-order valence-electron chi connectivity index (χ1n) is 16.3. The number of hydrogen-bond acceptors (Lipinski definition) is 5. The van der Waals surface area contributed by atoms with Gasteiger partial charge in [-0.3, -0.25) is 4.79 Å². The van der Waals surface area contributed by atoms with Crippen molar-refractivity contribution in [1.82, 2.24) is 10.0 Å². The topological polar surface area (TPSA) is 87.7 Å². The monoisotopic (exact) mass is 647 g/mol. The van der Waals surface area contributed by atoms with Crippen molar-refractivity contribution in [2.75, 3.05) is 24.6 Å². The van der Waals surface area contributed by atoms with Crippen LogP contribution in [0, 0.1) is 0 Å². The maximum atomic E-state index is 14.6. The van der Waals surface area contributed by atoms with Crippen molar-refractivity contribution in [1.29, 1.82) is 0 Å². The Kier molecular flexibility index (Phi) is 10.3. The Bertz CT molecular complexity index is 1920. The average molecular weight is 648 g/mol. The zero-order valence-electron chi connectivity index (χ0n) is 26.6. The number of sulfonamides is 1. The van der Waals surface area contributed by atoms with Crippen LogP contribution in [0.15, 0.2) is 126 Å². The first kappa shape index (κ1) is 32.4. The number of anilines is 1. The van der Waals surface area contributed by atoms with Gasteiger partial charge in [0.15, 0.2) is 0 Å². The van der Waals surface area contributed by atoms with Gasteiger partial charge in [-0.05, 0) is 84.2 Å². The molecule has 8 heteroatoms. The quantitative estimate of drug-likeness (QED) is 0.131. The summed E-state index contributed by atoms with van der Waals surface area (Å²) in [6.07, 6.45) is 2.49. The smallest absolute Gasteiger partial charge is 0.241 e. The van der Waals surface area contributed by atoms with E-state index in [9.17, 15) is 13.2 Å². The molecule has 0 bridgehead atoms. The highest BCUT2D eigenvalue weighted by Gasteiger charge is 2.34. The molecule has 2 N–H and O–H groups in total. The summed E-state index contributed by atoms with van der Waals surface area (Å²) >= 11 is 0. The van der Waals surface area contributed by atoms with Crippen LogP contribution < -0.4 is 19.7 Å². The highest BCUT2D eigenvalue weighted by molar-refractivity contribution is 7.89. The first-order chi connectivity index (χ1) is 22.9. The van der Waals surface area contributed by atoms with E-state index in [0.29, 0.717) is 18.6 Å². The van der Waals surface area contributed by atoms with Crippen molar-refractivity contribution in [2.24, 2.45) is 0 Å². The summed E-state index contributed by atoms with van der Waals surface area (Å²) in [5, 5.41) is 5.25. The Balaban J connectivity index is 1.33. The van der Waals surface area contributed by atoms with Crippen molar-refractivity contribution in [3.8, 4) is 5.75 Å². The van der Waals surface area contributed by atoms with Crippen LogP contribution in [0.3, 0.4) is 0 Å². The molecule has 0 saturated carbocycles. The molecule has 1 amide bonds. The largest absolute Gasteiger partial charge is 0.493 e. The van der Waals surface area contributed by atoms with E-state index in [-0.39, 0.29) is 23.3 Å². The number of hydrogen-bond donors (Lipinski definition) is 2. The Labute approximate surface area is 277 Å². The van der Waals surface area contributed by atoms with Crippen molar-refractivity contribution < 1.29 is 17.9 Å². The molecule has 1 aliphatic heterocycles. The molecule has 5 aromatic rings. The molecule has 7 nitrogen and oxygen atoms in total. The lowest BCUT2D eigenvalue weighted by Crippen LogP contribution is -2.40. The van der Waals surface area contributed by atoms with Gasteiger partial charge >= 0.3 is 0 Å². The van der Waals surface area contributed by atoms with Gasteiger partial charge in [0.05, 0.1) is 23.6 Å². The maximum absolute atomic E-state index is 14.6. The van der Waals surface area contributed by atoms with Gasteiger partial charge in [0, 0.05) is 24.1 Å². The number of carbonyl (C=O) groups excluding carboxylic acids is 1. The fourth-order valence-electron chi connectivity index (χ4n) is 6.25. The van der Waals surface area contributed by atoms with Crippen molar-refractivity contribution in [2.45, 2.75) is 49.6 Å². The van der Waals surface area contributed by atoms with Crippen LogP contribution >= 0.6 is 0 Å². The molecule has 0 radical (unpaired) electrons. The number of fused-ring (bicyclic) bond motifs is 2. The zero-order valence-corrected chi connectivity index (χ0v) is 27.5. The van der Waals surface area contributed by atoms with Crippen molar-refractivity contribution >= 4 is 32.4 Å². The summed E-state index contributed by atoms with van der Waals surface area (Å²) in [6.45, 7) is 4.47. The first-order valence-corrected chi connectivity index (χ1v) is 17.8. The molecule has 47 heavy (non-hydrogen) atoms. The number of rotatable bonds is 13. The second-order valence-electron chi connectivity index (χ2n) is 11.9. The fourth-order valence-corrected chi connectivity index (χ4v) is 7.51. The Morgan fingerprint density at radius 3 is 2.34 bits per heavy atom. The van der Waals surface area contributed by atoms with Gasteiger partial charge in [0.25, 0.3) is 0 Å². The molecule has 242 valence electrons. The molecule has 6 rings (SSSR count). The number of carbonyl (C=O) groups is 1. The number of para-hydroxylation sites is 1. The lowest BCUT2D eigenvalue weighted by atomic mass is 9.94. The van der Waals surface area contributed by atoms with Gasteiger partial charge in [-0.1, -0.05) is 91.9 Å². The van der Waals surface area contributed by atoms with Gasteiger partial charge in [0.1, 0.15) is 5.75 Å². The van der Waals surface area contributed by atoms with Crippen LogP contribution in [0.2, 0.25) is 0 Å². The zero-order chi connectivity index (χ0) is 32.6. The van der Waals surface area contributed by atoms with Gasteiger partial charge in [-0.2, -0.15) is 0 Å². The molecule has 0 spiro atoms. The number of benzene rings is 5. The number of amides is 1. The summed E-state index contributed by atoms with van der Waals surface area (Å²) in [6, 6.07) is 36.9. The standard InChI is InChI=1S/C39H41N3O4S/c1-2-23-40-24-21-29-17-20-38-35(26-29)37(22-25-46-38)42(33-15-7-4-8-16-33)39(43)28-36(31-12-5-3-6-13-31)41-47(44,45)34-19-18-30-11-9-10-14-32(30)27-34/h3-20,26-27,36-37,40-41H,2,21-25,28H2,1H3. The van der Waals surface area contributed by atoms with Crippen LogP contribution in [0.25, 0.3) is 10.8 Å². The highest BCUT2D eigenvalue weighted by atomic mass is 32.2. The molecular weight excluding hydrogens is 607 g/mol. The van der Waals surface area contributed by atoms with E-state index in [4.69, 9.17) is 4.74 Å². The van der Waals surface area contributed by atoms with Crippen LogP contribution in [-0.4, -0.2) is 34.0 Å². The molecule has 0 fully saturated rings. The Morgan fingerprint density at radius 2 is 1.57 bits per heavy atom. The maximum Gasteiger partial charge on any atom is 0.241 e. The number of nitrogens with one attached hydrogen (secondary N) is 2. The lowest BCUT2D eigenvalue weighted by molar-refractivity contribution is -0.119. The van der Waals surface area contributed by atoms with E-state index >= 15 is 0 Å². The SMILES string of the molecule is CCCNCCc1ccc2c(c1)C(N(C(=O)CC(NS(=O)(=O)c1ccc3ccccc3c1)c1ccccc1)c1ccccc1)CCO2. The molecule has 0 saturated heterocycles. The average Bonchev–Trinajstić information content (AvgIpc) is 3.10. The molecule has 0 aromatic heterocycles. The third kappa shape index (κ3) is 7.73. The van der Waals surface area contributed by atoms with E-state index in [2.05, 4.69) is 29.1 Å². The van der Waals surface area contributed by atoms with Gasteiger partial charge < -0.3 is 15.0 Å². The summed E-state index contributed by atoms with van der Waals surface area (Å²) in [5.41, 5.74) is 3.62. The van der Waals surface area contributed by atoms with Crippen LogP contribution in [-0.2, 0) is 21.2 Å². The van der Waals surface area contributed by atoms with Crippen molar-refractivity contribution in [3.63, 3.8) is 0 Å². The molecule has 5 aromatic carbocycles. The Morgan fingerprint density at radius 1 is 0.851 bits per heavy atom. The minimum atomic E-state index is -3.97. The van der Waals surface area contributed by atoms with Gasteiger partial charge in [-0.25, -0.2) is 13.1 Å². The van der Waals surface area contributed by atoms with Crippen LogP contribution in [0.4, 0.5) is 5.69 Å². The summed E-state index contributed by atoms with van der Waals surface area (Å²) in [4.78, 5) is 16.6. The van der Waals surface area contributed by atoms with E-state index in [1.165, 1.54) is 5.56 Å². The predicted molar refractivity (Wildman–Crippen MR) is 188 cm³/mol. The third-order valence-corrected chi connectivity index (χ3v) is 10.1. The minimum Gasteiger partial charge on any atom is -0.493 e. The molecule has 2 unspecified atom stereocenters. The van der Waals surface area contributed by atoms with E-state index in [0.717, 1.165) is 53.7 Å². The van der Waals surface area contributed by atoms with Gasteiger partial charge in [-0.15, -0.1) is 0 Å². The fraction of sp³-hybridized carbons (Fsp3) is 0.256. The molecule has 1 aliphatic rings. The molecular formula is C39H41N3O4S. The van der Waals surface area contributed by atoms with Crippen molar-refractivity contribution in [3.05, 3.63) is 138 Å². The van der Waals surface area contributed by atoms with E-state index < -0.39 is 16.1 Å². The van der Waals surface area contributed by atoms with Gasteiger partial charge in [0.2, 0.25) is 15.9 Å². The normalized spacial score (nSPS) is 15.0. The van der Waals surface area contributed by atoms with E-state index in [1.54, 1.807) is 18.2 Å². The second-order valence-corrected chi connectivity index (χ2v) is 13.6. The Hall–Kier alpha value is -4.50. The highest BCUT2D eigenvalue weighted by Crippen LogP contribution is 2.40. The molecule has 2 atom stereocenters. The predicted octanol–water partition coefficient (Wildman–Crippen LogP) is 7.35. The number of nitrogens with zero attached hydrogens (tertiary/aromatic N) is 1. The lowest BCUT2D eigenvalue weighted by Gasteiger charge is -2.37. The summed E-state index contributed by atoms with van der Waals surface area (Å²) in [7, 11) is -3.97. The van der Waals surface area contributed by atoms with Crippen LogP contribution in [0.1, 0.15) is 55.0 Å². The van der Waals surface area contributed by atoms with Crippen LogP contribution in [0.5, 0.6) is 5.75 Å². The third-order valence-electron chi connectivity index (χ3n) is 8.62. The number of ether oxygens (including phenoxy) is 1. The molecule has 1 heterocycles. The van der Waals surface area contributed by atoms with E-state index in [1.807, 2.05) is 95.9 Å². The summed E-state index contributed by atoms with van der Waals surface area (Å²) < 4.78 is 36.7. The molecule has 0 aliphatic carbocycles. The second kappa shape index (κ2) is 14.9. The minimum absolute atomic E-state index is 0.0704. The summed E-state index contributed by atoms with van der Waals surface area (Å²) in [5.74, 6) is 0.594.